The van der Waals surface area contributed by atoms with E-state index < -0.39 is 0 Å². The van der Waals surface area contributed by atoms with Crippen LogP contribution in [0.4, 0.5) is 0 Å². The molecule has 16 heavy (non-hydrogen) atoms. The van der Waals surface area contributed by atoms with Gasteiger partial charge in [-0.25, -0.2) is 4.98 Å². The number of ether oxygens (including phenoxy) is 2. The normalized spacial score (nSPS) is 10.2. The van der Waals surface area contributed by atoms with Crippen LogP contribution < -0.4 is 9.47 Å². The molecule has 1 aromatic heterocycles. The minimum Gasteiger partial charge on any atom is -0.497 e. The fraction of sp³-hybridized carbons (Fsp3) is 0.182. The average Bonchev–Trinajstić information content (AvgIpc) is 2.75. The second-order valence-electron chi connectivity index (χ2n) is 3.04. The number of methoxy groups -OCH3 is 2. The molecule has 0 bridgehead atoms. The minimum absolute atomic E-state index is 0.794. The van der Waals surface area contributed by atoms with Crippen molar-refractivity contribution in [2.45, 2.75) is 0 Å². The van der Waals surface area contributed by atoms with Crippen molar-refractivity contribution in [3.8, 4) is 22.1 Å². The summed E-state index contributed by atoms with van der Waals surface area (Å²) in [5.74, 6) is 1.59. The highest BCUT2D eigenvalue weighted by molar-refractivity contribution is 9.11. The summed E-state index contributed by atoms with van der Waals surface area (Å²) in [6, 6.07) is 5.67. The van der Waals surface area contributed by atoms with Gasteiger partial charge in [-0.1, -0.05) is 0 Å². The van der Waals surface area contributed by atoms with Crippen molar-refractivity contribution in [2.75, 3.05) is 14.2 Å². The van der Waals surface area contributed by atoms with Crippen molar-refractivity contribution in [3.63, 3.8) is 0 Å². The smallest absolute Gasteiger partial charge is 0.129 e. The van der Waals surface area contributed by atoms with Crippen LogP contribution in [0.5, 0.6) is 11.5 Å². The molecule has 0 amide bonds. The third-order valence-electron chi connectivity index (χ3n) is 2.11. The van der Waals surface area contributed by atoms with Crippen LogP contribution in [0.1, 0.15) is 0 Å². The number of hydrogen-bond donors (Lipinski definition) is 0. The molecule has 5 heteroatoms. The SMILES string of the molecule is COc1ccc(OC)c(-c2ncc(Br)s2)c1. The van der Waals surface area contributed by atoms with Gasteiger partial charge in [-0.2, -0.15) is 0 Å². The standard InChI is InChI=1S/C11H10BrNO2S/c1-14-7-3-4-9(15-2)8(5-7)11-13-6-10(12)16-11/h3-6H,1-2H3. The summed E-state index contributed by atoms with van der Waals surface area (Å²) in [6.07, 6.45) is 1.78. The maximum Gasteiger partial charge on any atom is 0.129 e. The summed E-state index contributed by atoms with van der Waals surface area (Å²) in [7, 11) is 3.29. The number of benzene rings is 1. The van der Waals surface area contributed by atoms with E-state index in [1.54, 1.807) is 31.8 Å². The first-order valence-electron chi connectivity index (χ1n) is 4.58. The molecule has 3 nitrogen and oxygen atoms in total. The molecule has 84 valence electrons. The van der Waals surface area contributed by atoms with E-state index in [0.717, 1.165) is 25.9 Å². The van der Waals surface area contributed by atoms with Gasteiger partial charge >= 0.3 is 0 Å². The zero-order chi connectivity index (χ0) is 11.5. The van der Waals surface area contributed by atoms with Crippen molar-refractivity contribution < 1.29 is 9.47 Å². The molecule has 2 aromatic rings. The molecule has 0 N–H and O–H groups in total. The van der Waals surface area contributed by atoms with Crippen LogP contribution in [0.25, 0.3) is 10.6 Å². The summed E-state index contributed by atoms with van der Waals surface area (Å²) < 4.78 is 11.5. The Morgan fingerprint density at radius 1 is 1.25 bits per heavy atom. The quantitative estimate of drug-likeness (QED) is 0.868. The van der Waals surface area contributed by atoms with E-state index >= 15 is 0 Å². The van der Waals surface area contributed by atoms with Gasteiger partial charge in [-0.15, -0.1) is 11.3 Å². The minimum atomic E-state index is 0.794. The van der Waals surface area contributed by atoms with Gasteiger partial charge in [0.05, 0.1) is 29.8 Å². The number of hydrogen-bond acceptors (Lipinski definition) is 4. The molecule has 0 saturated heterocycles. The van der Waals surface area contributed by atoms with Crippen LogP contribution in [0.3, 0.4) is 0 Å². The Hall–Kier alpha value is -1.07. The van der Waals surface area contributed by atoms with Gasteiger partial charge in [0.25, 0.3) is 0 Å². The molecule has 0 unspecified atom stereocenters. The van der Waals surface area contributed by atoms with Gasteiger partial charge in [-0.05, 0) is 34.1 Å². The highest BCUT2D eigenvalue weighted by Crippen LogP contribution is 2.36. The largest absolute Gasteiger partial charge is 0.497 e. The van der Waals surface area contributed by atoms with Crippen LogP contribution in [0.2, 0.25) is 0 Å². The fourth-order valence-electron chi connectivity index (χ4n) is 1.36. The Morgan fingerprint density at radius 2 is 2.06 bits per heavy atom. The molecule has 0 radical (unpaired) electrons. The molecule has 1 aromatic carbocycles. The lowest BCUT2D eigenvalue weighted by Crippen LogP contribution is -1.89. The number of nitrogens with zero attached hydrogens (tertiary/aromatic N) is 1. The monoisotopic (exact) mass is 299 g/mol. The maximum atomic E-state index is 5.30. The van der Waals surface area contributed by atoms with E-state index in [9.17, 15) is 0 Å². The molecule has 0 spiro atoms. The number of halogens is 1. The maximum absolute atomic E-state index is 5.30. The highest BCUT2D eigenvalue weighted by atomic mass is 79.9. The molecule has 0 aliphatic heterocycles. The second-order valence-corrected chi connectivity index (χ2v) is 5.45. The number of rotatable bonds is 3. The van der Waals surface area contributed by atoms with Crippen LogP contribution >= 0.6 is 27.3 Å². The van der Waals surface area contributed by atoms with E-state index in [1.165, 1.54) is 0 Å². The predicted molar refractivity (Wildman–Crippen MR) is 68.4 cm³/mol. The lowest BCUT2D eigenvalue weighted by Gasteiger charge is -2.07. The zero-order valence-electron chi connectivity index (χ0n) is 8.86. The molecule has 0 atom stereocenters. The van der Waals surface area contributed by atoms with Gasteiger partial charge in [0.1, 0.15) is 16.5 Å². The van der Waals surface area contributed by atoms with Gasteiger partial charge in [0.15, 0.2) is 0 Å². The van der Waals surface area contributed by atoms with Gasteiger partial charge in [0.2, 0.25) is 0 Å². The molecular formula is C11H10BrNO2S. The molecule has 2 rings (SSSR count). The Kier molecular flexibility index (Phi) is 3.46. The predicted octanol–water partition coefficient (Wildman–Crippen LogP) is 3.59. The lowest BCUT2D eigenvalue weighted by molar-refractivity contribution is 0.404. The first kappa shape index (κ1) is 11.4. The summed E-state index contributed by atoms with van der Waals surface area (Å²) >= 11 is 4.96. The van der Waals surface area contributed by atoms with Crippen LogP contribution in [-0.2, 0) is 0 Å². The van der Waals surface area contributed by atoms with Crippen molar-refractivity contribution in [1.82, 2.24) is 4.98 Å². The topological polar surface area (TPSA) is 31.4 Å². The van der Waals surface area contributed by atoms with E-state index in [4.69, 9.17) is 9.47 Å². The van der Waals surface area contributed by atoms with Gasteiger partial charge in [0, 0.05) is 0 Å². The van der Waals surface area contributed by atoms with Crippen LogP contribution in [0.15, 0.2) is 28.2 Å². The van der Waals surface area contributed by atoms with Crippen molar-refractivity contribution >= 4 is 27.3 Å². The highest BCUT2D eigenvalue weighted by Gasteiger charge is 2.10. The van der Waals surface area contributed by atoms with Crippen molar-refractivity contribution in [3.05, 3.63) is 28.2 Å². The van der Waals surface area contributed by atoms with Gasteiger partial charge < -0.3 is 9.47 Å². The third kappa shape index (κ3) is 2.20. The third-order valence-corrected chi connectivity index (χ3v) is 3.62. The number of aromatic nitrogens is 1. The Bertz CT molecular complexity index is 498. The number of thiazole rings is 1. The Balaban J connectivity index is 2.52. The first-order chi connectivity index (χ1) is 7.74. The van der Waals surface area contributed by atoms with E-state index in [0.29, 0.717) is 0 Å². The zero-order valence-corrected chi connectivity index (χ0v) is 11.3. The molecular weight excluding hydrogens is 290 g/mol. The van der Waals surface area contributed by atoms with E-state index in [2.05, 4.69) is 20.9 Å². The fourth-order valence-corrected chi connectivity index (χ4v) is 2.59. The summed E-state index contributed by atoms with van der Waals surface area (Å²) in [6.45, 7) is 0. The van der Waals surface area contributed by atoms with Crippen molar-refractivity contribution in [1.29, 1.82) is 0 Å². The molecule has 0 fully saturated rings. The lowest BCUT2D eigenvalue weighted by atomic mass is 10.2. The Morgan fingerprint density at radius 3 is 2.62 bits per heavy atom. The van der Waals surface area contributed by atoms with E-state index in [-0.39, 0.29) is 0 Å². The molecule has 0 saturated carbocycles. The first-order valence-corrected chi connectivity index (χ1v) is 6.19. The molecule has 0 aliphatic rings. The van der Waals surface area contributed by atoms with Crippen molar-refractivity contribution in [2.24, 2.45) is 0 Å². The van der Waals surface area contributed by atoms with E-state index in [1.807, 2.05) is 18.2 Å². The van der Waals surface area contributed by atoms with Crippen LogP contribution in [-0.4, -0.2) is 19.2 Å². The molecule has 1 heterocycles. The average molecular weight is 300 g/mol. The Labute approximate surface area is 106 Å². The van der Waals surface area contributed by atoms with Gasteiger partial charge in [-0.3, -0.25) is 0 Å². The second kappa shape index (κ2) is 4.84. The summed E-state index contributed by atoms with van der Waals surface area (Å²) in [5, 5.41) is 0.905. The summed E-state index contributed by atoms with van der Waals surface area (Å²) in [4.78, 5) is 4.31. The van der Waals surface area contributed by atoms with Crippen LogP contribution in [0, 0.1) is 0 Å². The summed E-state index contributed by atoms with van der Waals surface area (Å²) in [5.41, 5.74) is 0.942. The molecule has 0 aliphatic carbocycles.